The number of halogens is 4. The highest BCUT2D eigenvalue weighted by Gasteiger charge is 2.32. The number of carbonyl (C=O) groups excluding carboxylic acids is 1. The first kappa shape index (κ1) is 21.2. The maximum absolute atomic E-state index is 14.2. The molecule has 0 saturated heterocycles. The highest BCUT2D eigenvalue weighted by atomic mass is 32.1. The van der Waals surface area contributed by atoms with Gasteiger partial charge in [0.2, 0.25) is 5.91 Å². The van der Waals surface area contributed by atoms with E-state index in [1.54, 1.807) is 12.3 Å². The van der Waals surface area contributed by atoms with Crippen LogP contribution >= 0.6 is 11.3 Å². The summed E-state index contributed by atoms with van der Waals surface area (Å²) in [4.78, 5) is 19.9. The van der Waals surface area contributed by atoms with Gasteiger partial charge in [-0.25, -0.2) is 9.37 Å². The van der Waals surface area contributed by atoms with Crippen molar-refractivity contribution in [1.82, 2.24) is 9.97 Å². The molecule has 6 nitrogen and oxygen atoms in total. The van der Waals surface area contributed by atoms with E-state index in [0.29, 0.717) is 34.8 Å². The Morgan fingerprint density at radius 1 is 1.23 bits per heavy atom. The normalized spacial score (nSPS) is 14.3. The Morgan fingerprint density at radius 3 is 2.74 bits per heavy atom. The van der Waals surface area contributed by atoms with E-state index in [0.717, 1.165) is 10.9 Å². The molecular weight excluding hydrogens is 434 g/mol. The summed E-state index contributed by atoms with van der Waals surface area (Å²) < 4.78 is 52.0. The van der Waals surface area contributed by atoms with Crippen molar-refractivity contribution in [2.45, 2.75) is 25.1 Å². The number of aromatic nitrogens is 2. The number of fused-ring (bicyclic) bond motifs is 1. The van der Waals surface area contributed by atoms with E-state index in [2.05, 4.69) is 20.6 Å². The van der Waals surface area contributed by atoms with Crippen LogP contribution < -0.4 is 16.4 Å². The molecule has 4 rings (SSSR count). The highest BCUT2D eigenvalue weighted by Crippen LogP contribution is 2.35. The minimum Gasteiger partial charge on any atom is -0.360 e. The molecule has 0 fully saturated rings. The van der Waals surface area contributed by atoms with Crippen molar-refractivity contribution < 1.29 is 22.4 Å². The summed E-state index contributed by atoms with van der Waals surface area (Å²) in [7, 11) is 0. The summed E-state index contributed by atoms with van der Waals surface area (Å²) in [6, 6.07) is 5.03. The van der Waals surface area contributed by atoms with Gasteiger partial charge in [-0.15, -0.1) is 0 Å². The molecule has 3 aromatic rings. The molecule has 1 aromatic carbocycles. The molecule has 1 atom stereocenters. The number of hydrogen-bond acceptors (Lipinski definition) is 6. The maximum atomic E-state index is 14.2. The van der Waals surface area contributed by atoms with Crippen LogP contribution in [0.15, 0.2) is 36.7 Å². The van der Waals surface area contributed by atoms with Crippen LogP contribution in [0.4, 0.5) is 28.4 Å². The van der Waals surface area contributed by atoms with Crippen LogP contribution in [0.2, 0.25) is 0 Å². The first-order valence-electron chi connectivity index (χ1n) is 9.29. The Kier molecular flexibility index (Phi) is 5.63. The Hall–Kier alpha value is -3.05. The van der Waals surface area contributed by atoms with Gasteiger partial charge in [0.25, 0.3) is 0 Å². The minimum atomic E-state index is -4.47. The largest absolute Gasteiger partial charge is 0.433 e. The van der Waals surface area contributed by atoms with Crippen LogP contribution in [0, 0.1) is 5.82 Å². The number of benzene rings is 1. The number of carbonyl (C=O) groups is 1. The second kappa shape index (κ2) is 8.23. The number of amides is 1. The van der Waals surface area contributed by atoms with E-state index in [4.69, 9.17) is 5.73 Å². The van der Waals surface area contributed by atoms with E-state index < -0.39 is 17.7 Å². The predicted molar refractivity (Wildman–Crippen MR) is 109 cm³/mol. The molecule has 0 spiro atoms. The van der Waals surface area contributed by atoms with Gasteiger partial charge < -0.3 is 16.4 Å². The lowest BCUT2D eigenvalue weighted by molar-refractivity contribution is -0.141. The quantitative estimate of drug-likeness (QED) is 0.496. The monoisotopic (exact) mass is 451 g/mol. The Labute approximate surface area is 178 Å². The smallest absolute Gasteiger partial charge is 0.360 e. The standard InChI is InChI=1S/C20H17F4N5OS/c21-14-5-11(4-12-6-17(30)29-18(12)14)15-9-28-19(31-15)27-8-13(25)3-10-1-2-16(26-7-10)20(22,23)24/h1-2,4-5,7,9,13H,3,6,8,25H2,(H,27,28)(H,29,30)/t13-/m0/s1. The number of nitrogens with one attached hydrogen (secondary N) is 2. The fourth-order valence-electron chi connectivity index (χ4n) is 3.24. The van der Waals surface area contributed by atoms with Crippen LogP contribution in [0.1, 0.15) is 16.8 Å². The van der Waals surface area contributed by atoms with Crippen LogP contribution in [-0.2, 0) is 23.8 Å². The number of rotatable bonds is 6. The Balaban J connectivity index is 1.36. The zero-order chi connectivity index (χ0) is 22.2. The SMILES string of the molecule is N[C@H](CNc1ncc(-c2cc(F)c3c(c2)CC(=O)N3)s1)Cc1ccc(C(F)(F)F)nc1. The van der Waals surface area contributed by atoms with Crippen molar-refractivity contribution in [1.29, 1.82) is 0 Å². The van der Waals surface area contributed by atoms with Crippen molar-refractivity contribution in [2.24, 2.45) is 5.73 Å². The Morgan fingerprint density at radius 2 is 2.03 bits per heavy atom. The van der Waals surface area contributed by atoms with Crippen molar-refractivity contribution in [3.8, 4) is 10.4 Å². The van der Waals surface area contributed by atoms with Gasteiger partial charge in [-0.1, -0.05) is 17.4 Å². The molecule has 0 aliphatic carbocycles. The number of hydrogen-bond donors (Lipinski definition) is 3. The maximum Gasteiger partial charge on any atom is 0.433 e. The summed E-state index contributed by atoms with van der Waals surface area (Å²) >= 11 is 1.31. The lowest BCUT2D eigenvalue weighted by Crippen LogP contribution is -2.31. The molecule has 162 valence electrons. The summed E-state index contributed by atoms with van der Waals surface area (Å²) in [6.45, 7) is 0.338. The number of nitrogens with two attached hydrogens (primary N) is 1. The molecular formula is C20H17F4N5OS. The van der Waals surface area contributed by atoms with Crippen molar-refractivity contribution in [2.75, 3.05) is 17.2 Å². The number of thiazole rings is 1. The first-order chi connectivity index (χ1) is 14.7. The molecule has 1 amide bonds. The number of nitrogens with zero attached hydrogens (tertiary/aromatic N) is 2. The summed E-state index contributed by atoms with van der Waals surface area (Å²) in [5.41, 5.74) is 7.17. The molecule has 4 N–H and O–H groups in total. The van der Waals surface area contributed by atoms with Gasteiger partial charge in [0, 0.05) is 25.0 Å². The fourth-order valence-corrected chi connectivity index (χ4v) is 4.05. The van der Waals surface area contributed by atoms with Gasteiger partial charge in [-0.05, 0) is 41.3 Å². The van der Waals surface area contributed by atoms with Crippen LogP contribution in [-0.4, -0.2) is 28.5 Å². The van der Waals surface area contributed by atoms with Crippen LogP contribution in [0.25, 0.3) is 10.4 Å². The van der Waals surface area contributed by atoms with Crippen molar-refractivity contribution in [3.05, 3.63) is 59.3 Å². The van der Waals surface area contributed by atoms with Gasteiger partial charge in [-0.3, -0.25) is 9.78 Å². The predicted octanol–water partition coefficient (Wildman–Crippen LogP) is 3.84. The molecule has 2 aromatic heterocycles. The van der Waals surface area contributed by atoms with Gasteiger partial charge in [0.05, 0.1) is 17.0 Å². The van der Waals surface area contributed by atoms with E-state index in [-0.39, 0.29) is 24.1 Å². The molecule has 0 unspecified atom stereocenters. The molecule has 31 heavy (non-hydrogen) atoms. The number of pyridine rings is 1. The van der Waals surface area contributed by atoms with Gasteiger partial charge in [-0.2, -0.15) is 13.2 Å². The van der Waals surface area contributed by atoms with E-state index >= 15 is 0 Å². The zero-order valence-electron chi connectivity index (χ0n) is 16.0. The van der Waals surface area contributed by atoms with Crippen LogP contribution in [0.3, 0.4) is 0 Å². The first-order valence-corrected chi connectivity index (χ1v) is 10.1. The molecule has 3 heterocycles. The summed E-state index contributed by atoms with van der Waals surface area (Å²) in [5.74, 6) is -0.733. The van der Waals surface area contributed by atoms with E-state index in [1.165, 1.54) is 29.7 Å². The summed E-state index contributed by atoms with van der Waals surface area (Å²) in [5, 5.41) is 6.16. The summed E-state index contributed by atoms with van der Waals surface area (Å²) in [6.07, 6.45) is -1.22. The molecule has 11 heteroatoms. The van der Waals surface area contributed by atoms with Gasteiger partial charge >= 0.3 is 6.18 Å². The zero-order valence-corrected chi connectivity index (χ0v) is 16.8. The fraction of sp³-hybridized carbons (Fsp3) is 0.250. The third-order valence-electron chi connectivity index (χ3n) is 4.71. The van der Waals surface area contributed by atoms with Crippen molar-refractivity contribution >= 4 is 28.1 Å². The van der Waals surface area contributed by atoms with Gasteiger partial charge in [0.1, 0.15) is 11.5 Å². The highest BCUT2D eigenvalue weighted by molar-refractivity contribution is 7.18. The van der Waals surface area contributed by atoms with Crippen molar-refractivity contribution in [3.63, 3.8) is 0 Å². The molecule has 1 aliphatic heterocycles. The Bertz CT molecular complexity index is 1110. The second-order valence-corrected chi connectivity index (χ2v) is 8.17. The van der Waals surface area contributed by atoms with E-state index in [9.17, 15) is 22.4 Å². The van der Waals surface area contributed by atoms with Gasteiger partial charge in [0.15, 0.2) is 5.13 Å². The molecule has 0 bridgehead atoms. The lowest BCUT2D eigenvalue weighted by atomic mass is 10.1. The number of anilines is 2. The lowest BCUT2D eigenvalue weighted by Gasteiger charge is -2.13. The third kappa shape index (κ3) is 4.83. The average molecular weight is 451 g/mol. The van der Waals surface area contributed by atoms with Crippen LogP contribution in [0.5, 0.6) is 0 Å². The molecule has 0 saturated carbocycles. The molecule has 1 aliphatic rings. The second-order valence-electron chi connectivity index (χ2n) is 7.14. The van der Waals surface area contributed by atoms with E-state index in [1.807, 2.05) is 0 Å². The number of alkyl halides is 3. The third-order valence-corrected chi connectivity index (χ3v) is 5.71. The molecule has 0 radical (unpaired) electrons. The topological polar surface area (TPSA) is 92.9 Å². The average Bonchev–Trinajstić information content (AvgIpc) is 3.32. The minimum absolute atomic E-state index is 0.137.